The summed E-state index contributed by atoms with van der Waals surface area (Å²) in [4.78, 5) is 30.4. The van der Waals surface area contributed by atoms with Crippen LogP contribution in [0.4, 0.5) is 0 Å². The molecule has 0 aromatic rings. The fourth-order valence-corrected chi connectivity index (χ4v) is 0.491. The van der Waals surface area contributed by atoms with Gasteiger partial charge in [-0.3, -0.25) is 0 Å². The standard InChI is InChI=1S/C8H14N2O4/c1-3-9-13-7(11)5-6-8(12)14-10-4-2/h5-6,9-10H,3-4H2,1-2H3/b6-5-. The predicted molar refractivity (Wildman–Crippen MR) is 48.7 cm³/mol. The average Bonchev–Trinajstić information content (AvgIpc) is 2.20. The summed E-state index contributed by atoms with van der Waals surface area (Å²) in [6.07, 6.45) is 1.95. The van der Waals surface area contributed by atoms with E-state index in [1.165, 1.54) is 0 Å². The van der Waals surface area contributed by atoms with Gasteiger partial charge in [-0.05, 0) is 13.8 Å². The number of carbonyl (C=O) groups excluding carboxylic acids is 2. The second-order valence-corrected chi connectivity index (χ2v) is 2.17. The van der Waals surface area contributed by atoms with Gasteiger partial charge in [0.2, 0.25) is 0 Å². The fraction of sp³-hybridized carbons (Fsp3) is 0.500. The van der Waals surface area contributed by atoms with Crippen LogP contribution in [-0.4, -0.2) is 25.0 Å². The maximum absolute atomic E-state index is 10.8. The van der Waals surface area contributed by atoms with E-state index in [0.29, 0.717) is 13.1 Å². The molecule has 0 radical (unpaired) electrons. The summed E-state index contributed by atoms with van der Waals surface area (Å²) in [6, 6.07) is 0. The smallest absolute Gasteiger partial charge is 0.349 e. The number of rotatable bonds is 6. The lowest BCUT2D eigenvalue weighted by atomic mass is 10.5. The highest BCUT2D eigenvalue weighted by molar-refractivity contribution is 5.91. The van der Waals surface area contributed by atoms with Gasteiger partial charge >= 0.3 is 11.9 Å². The third kappa shape index (κ3) is 7.26. The molecule has 0 aromatic carbocycles. The normalized spacial score (nSPS) is 10.1. The highest BCUT2D eigenvalue weighted by atomic mass is 16.7. The van der Waals surface area contributed by atoms with Gasteiger partial charge in [-0.15, -0.1) is 0 Å². The van der Waals surface area contributed by atoms with Crippen LogP contribution in [-0.2, 0) is 19.3 Å². The van der Waals surface area contributed by atoms with Crippen molar-refractivity contribution >= 4 is 11.9 Å². The topological polar surface area (TPSA) is 76.7 Å². The third-order valence-corrected chi connectivity index (χ3v) is 0.990. The lowest BCUT2D eigenvalue weighted by Gasteiger charge is -1.99. The molecular weight excluding hydrogens is 188 g/mol. The minimum Gasteiger partial charge on any atom is -0.367 e. The Hall–Kier alpha value is -1.40. The molecule has 14 heavy (non-hydrogen) atoms. The van der Waals surface area contributed by atoms with Gasteiger partial charge in [0.05, 0.1) is 0 Å². The van der Waals surface area contributed by atoms with Gasteiger partial charge < -0.3 is 9.68 Å². The third-order valence-electron chi connectivity index (χ3n) is 0.990. The molecule has 0 unspecified atom stereocenters. The molecule has 6 heteroatoms. The first-order chi connectivity index (χ1) is 6.70. The van der Waals surface area contributed by atoms with Gasteiger partial charge in [0, 0.05) is 25.2 Å². The van der Waals surface area contributed by atoms with Crippen molar-refractivity contribution in [1.29, 1.82) is 0 Å². The predicted octanol–water partition coefficient (Wildman–Crippen LogP) is -0.322. The van der Waals surface area contributed by atoms with Gasteiger partial charge in [0.15, 0.2) is 0 Å². The van der Waals surface area contributed by atoms with Crippen molar-refractivity contribution in [3.63, 3.8) is 0 Å². The van der Waals surface area contributed by atoms with Crippen LogP contribution in [0.2, 0.25) is 0 Å². The largest absolute Gasteiger partial charge is 0.367 e. The first kappa shape index (κ1) is 12.6. The van der Waals surface area contributed by atoms with E-state index in [9.17, 15) is 9.59 Å². The molecule has 80 valence electrons. The number of hydrogen-bond acceptors (Lipinski definition) is 6. The molecule has 0 heterocycles. The fourth-order valence-electron chi connectivity index (χ4n) is 0.491. The summed E-state index contributed by atoms with van der Waals surface area (Å²) in [5.41, 5.74) is 4.69. The Labute approximate surface area is 82.2 Å². The Morgan fingerprint density at radius 2 is 1.36 bits per heavy atom. The van der Waals surface area contributed by atoms with Crippen LogP contribution in [0.1, 0.15) is 13.8 Å². The summed E-state index contributed by atoms with van der Waals surface area (Å²) < 4.78 is 0. The van der Waals surface area contributed by atoms with Crippen LogP contribution in [0.15, 0.2) is 12.2 Å². The van der Waals surface area contributed by atoms with Crippen LogP contribution in [0.3, 0.4) is 0 Å². The Morgan fingerprint density at radius 3 is 1.64 bits per heavy atom. The molecule has 0 rings (SSSR count). The maximum atomic E-state index is 10.8. The van der Waals surface area contributed by atoms with Crippen molar-refractivity contribution in [2.24, 2.45) is 0 Å². The van der Waals surface area contributed by atoms with Crippen molar-refractivity contribution in [3.05, 3.63) is 12.2 Å². The van der Waals surface area contributed by atoms with Crippen LogP contribution in [0.25, 0.3) is 0 Å². The Bertz CT molecular complexity index is 193. The van der Waals surface area contributed by atoms with Crippen LogP contribution >= 0.6 is 0 Å². The van der Waals surface area contributed by atoms with E-state index >= 15 is 0 Å². The molecule has 0 saturated heterocycles. The number of hydroxylamine groups is 2. The second-order valence-electron chi connectivity index (χ2n) is 2.17. The van der Waals surface area contributed by atoms with Gasteiger partial charge in [-0.1, -0.05) is 0 Å². The maximum Gasteiger partial charge on any atom is 0.349 e. The van der Waals surface area contributed by atoms with Crippen LogP contribution in [0.5, 0.6) is 0 Å². The first-order valence-electron chi connectivity index (χ1n) is 4.26. The van der Waals surface area contributed by atoms with Crippen molar-refractivity contribution < 1.29 is 19.3 Å². The van der Waals surface area contributed by atoms with E-state index in [1.807, 2.05) is 0 Å². The molecule has 0 bridgehead atoms. The summed E-state index contributed by atoms with van der Waals surface area (Å²) in [5.74, 6) is -1.31. The second kappa shape index (κ2) is 8.21. The summed E-state index contributed by atoms with van der Waals surface area (Å²) in [7, 11) is 0. The average molecular weight is 202 g/mol. The molecule has 0 atom stereocenters. The van der Waals surface area contributed by atoms with E-state index in [2.05, 4.69) is 20.6 Å². The number of carbonyl (C=O) groups is 2. The molecule has 0 aliphatic heterocycles. The van der Waals surface area contributed by atoms with Gasteiger partial charge in [0.1, 0.15) is 0 Å². The monoisotopic (exact) mass is 202 g/mol. The summed E-state index contributed by atoms with van der Waals surface area (Å²) in [6.45, 7) is 4.55. The van der Waals surface area contributed by atoms with Gasteiger partial charge in [-0.2, -0.15) is 11.0 Å². The summed E-state index contributed by atoms with van der Waals surface area (Å²) in [5, 5.41) is 0. The molecule has 6 nitrogen and oxygen atoms in total. The van der Waals surface area contributed by atoms with Crippen molar-refractivity contribution in [2.75, 3.05) is 13.1 Å². The quantitative estimate of drug-likeness (QED) is 0.454. The van der Waals surface area contributed by atoms with Crippen LogP contribution < -0.4 is 11.0 Å². The Morgan fingerprint density at radius 1 is 1.00 bits per heavy atom. The highest BCUT2D eigenvalue weighted by Crippen LogP contribution is 1.81. The zero-order chi connectivity index (χ0) is 10.8. The van der Waals surface area contributed by atoms with E-state index in [-0.39, 0.29) is 0 Å². The van der Waals surface area contributed by atoms with Gasteiger partial charge in [0.25, 0.3) is 0 Å². The zero-order valence-corrected chi connectivity index (χ0v) is 8.20. The molecule has 0 aliphatic rings. The SMILES string of the molecule is CCNOC(=O)/C=C\C(=O)ONCC. The minimum atomic E-state index is -0.653. The molecule has 0 aromatic heterocycles. The van der Waals surface area contributed by atoms with E-state index < -0.39 is 11.9 Å². The highest BCUT2D eigenvalue weighted by Gasteiger charge is 1.99. The zero-order valence-electron chi connectivity index (χ0n) is 8.20. The molecule has 2 N–H and O–H groups in total. The number of hydrogen-bond donors (Lipinski definition) is 2. The molecule has 0 saturated carbocycles. The molecule has 0 aliphatic carbocycles. The van der Waals surface area contributed by atoms with Crippen molar-refractivity contribution in [3.8, 4) is 0 Å². The lowest BCUT2D eigenvalue weighted by molar-refractivity contribution is -0.147. The van der Waals surface area contributed by atoms with E-state index in [4.69, 9.17) is 0 Å². The van der Waals surface area contributed by atoms with Gasteiger partial charge in [-0.25, -0.2) is 9.59 Å². The Kier molecular flexibility index (Phi) is 7.39. The van der Waals surface area contributed by atoms with Crippen molar-refractivity contribution in [1.82, 2.24) is 11.0 Å². The lowest BCUT2D eigenvalue weighted by Crippen LogP contribution is -2.19. The van der Waals surface area contributed by atoms with E-state index in [1.54, 1.807) is 13.8 Å². The Balaban J connectivity index is 3.68. The first-order valence-corrected chi connectivity index (χ1v) is 4.26. The van der Waals surface area contributed by atoms with E-state index in [0.717, 1.165) is 12.2 Å². The molecular formula is C8H14N2O4. The number of nitrogens with one attached hydrogen (secondary N) is 2. The summed E-state index contributed by atoms with van der Waals surface area (Å²) >= 11 is 0. The molecule has 0 spiro atoms. The van der Waals surface area contributed by atoms with Crippen molar-refractivity contribution in [2.45, 2.75) is 13.8 Å². The molecule has 0 fully saturated rings. The molecule has 0 amide bonds. The van der Waals surface area contributed by atoms with Crippen LogP contribution in [0, 0.1) is 0 Å². The minimum absolute atomic E-state index is 0.501.